The molecule has 4 rings (SSSR count). The molecule has 21 heavy (non-hydrogen) atoms. The van der Waals surface area contributed by atoms with Crippen LogP contribution in [0.3, 0.4) is 0 Å². The zero-order valence-electron chi connectivity index (χ0n) is 12.2. The molecule has 0 nitrogen and oxygen atoms in total. The van der Waals surface area contributed by atoms with Crippen molar-refractivity contribution in [2.24, 2.45) is 5.92 Å². The predicted molar refractivity (Wildman–Crippen MR) is 92.4 cm³/mol. The highest BCUT2D eigenvalue weighted by Crippen LogP contribution is 2.35. The van der Waals surface area contributed by atoms with E-state index in [1.807, 2.05) is 0 Å². The first-order valence-corrected chi connectivity index (χ1v) is 7.62. The van der Waals surface area contributed by atoms with Crippen LogP contribution in [-0.4, -0.2) is 0 Å². The Morgan fingerprint density at radius 2 is 1.48 bits per heavy atom. The van der Waals surface area contributed by atoms with Gasteiger partial charge < -0.3 is 0 Å². The van der Waals surface area contributed by atoms with Crippen molar-refractivity contribution in [3.05, 3.63) is 78.4 Å². The quantitative estimate of drug-likeness (QED) is 0.478. The van der Waals surface area contributed by atoms with Gasteiger partial charge in [-0.2, -0.15) is 0 Å². The van der Waals surface area contributed by atoms with Crippen molar-refractivity contribution in [2.45, 2.75) is 13.3 Å². The highest BCUT2D eigenvalue weighted by Gasteiger charge is 2.12. The molecule has 0 N–H and O–H groups in total. The summed E-state index contributed by atoms with van der Waals surface area (Å²) in [6, 6.07) is 19.7. The number of benzene rings is 3. The van der Waals surface area contributed by atoms with Gasteiger partial charge in [0.1, 0.15) is 0 Å². The van der Waals surface area contributed by atoms with E-state index in [1.165, 1.54) is 32.7 Å². The Hall–Kier alpha value is -2.34. The van der Waals surface area contributed by atoms with Crippen LogP contribution in [0.25, 0.3) is 27.1 Å². The molecule has 1 aliphatic rings. The van der Waals surface area contributed by atoms with Gasteiger partial charge in [0, 0.05) is 0 Å². The van der Waals surface area contributed by atoms with Crippen LogP contribution in [0.4, 0.5) is 0 Å². The molecule has 0 fully saturated rings. The third kappa shape index (κ3) is 2.08. The van der Waals surface area contributed by atoms with Crippen molar-refractivity contribution in [2.75, 3.05) is 0 Å². The topological polar surface area (TPSA) is 0 Å². The summed E-state index contributed by atoms with van der Waals surface area (Å²) in [5.74, 6) is 0.648. The first-order valence-electron chi connectivity index (χ1n) is 7.62. The van der Waals surface area contributed by atoms with E-state index in [-0.39, 0.29) is 0 Å². The van der Waals surface area contributed by atoms with Gasteiger partial charge in [-0.3, -0.25) is 0 Å². The van der Waals surface area contributed by atoms with Gasteiger partial charge in [0.2, 0.25) is 0 Å². The Labute approximate surface area is 125 Å². The van der Waals surface area contributed by atoms with E-state index in [0.717, 1.165) is 6.42 Å². The van der Waals surface area contributed by atoms with E-state index in [0.29, 0.717) is 5.92 Å². The summed E-state index contributed by atoms with van der Waals surface area (Å²) in [5.41, 5.74) is 2.74. The van der Waals surface area contributed by atoms with Crippen LogP contribution in [0, 0.1) is 5.92 Å². The number of fused-ring (bicyclic) bond motifs is 2. The number of hydrogen-bond donors (Lipinski definition) is 0. The smallest absolute Gasteiger partial charge is 0.00301 e. The lowest BCUT2D eigenvalue weighted by Gasteiger charge is -2.16. The SMILES string of the molecule is C[C@H]1C=CC(c2c3ccccc3cc3ccccc23)=CC1. The maximum Gasteiger partial charge on any atom is -0.00301 e. The third-order valence-corrected chi connectivity index (χ3v) is 4.37. The van der Waals surface area contributed by atoms with E-state index in [4.69, 9.17) is 0 Å². The first kappa shape index (κ1) is 12.4. The Bertz CT molecular complexity index is 827. The molecule has 1 aliphatic carbocycles. The standard InChI is InChI=1S/C21H18/c1-15-10-12-16(13-11-15)21-19-8-4-2-6-17(19)14-18-7-3-5-9-20(18)21/h2-10,12-15H,11H2,1H3/t15-/m0/s1. The molecule has 0 amide bonds. The molecule has 0 aromatic heterocycles. The van der Waals surface area contributed by atoms with Crippen LogP contribution in [0.2, 0.25) is 0 Å². The molecular weight excluding hydrogens is 252 g/mol. The lowest BCUT2D eigenvalue weighted by Crippen LogP contribution is -1.96. The van der Waals surface area contributed by atoms with Crippen LogP contribution in [-0.2, 0) is 0 Å². The minimum absolute atomic E-state index is 0.648. The number of rotatable bonds is 1. The highest BCUT2D eigenvalue weighted by atomic mass is 14.2. The molecule has 0 bridgehead atoms. The zero-order chi connectivity index (χ0) is 14.2. The minimum atomic E-state index is 0.648. The second-order valence-electron chi connectivity index (χ2n) is 5.93. The van der Waals surface area contributed by atoms with E-state index >= 15 is 0 Å². The summed E-state index contributed by atoms with van der Waals surface area (Å²) in [4.78, 5) is 0. The number of allylic oxidation sites excluding steroid dienone is 4. The molecule has 3 aromatic rings. The van der Waals surface area contributed by atoms with Crippen LogP contribution in [0.15, 0.2) is 72.8 Å². The average Bonchev–Trinajstić information content (AvgIpc) is 2.53. The van der Waals surface area contributed by atoms with Gasteiger partial charge in [-0.1, -0.05) is 73.7 Å². The molecule has 0 heteroatoms. The summed E-state index contributed by atoms with van der Waals surface area (Å²) in [5, 5.41) is 5.33. The molecule has 0 aliphatic heterocycles. The molecular formula is C21H18. The summed E-state index contributed by atoms with van der Waals surface area (Å²) in [6.07, 6.45) is 8.14. The van der Waals surface area contributed by atoms with Gasteiger partial charge in [-0.25, -0.2) is 0 Å². The second-order valence-corrected chi connectivity index (χ2v) is 5.93. The van der Waals surface area contributed by atoms with E-state index in [9.17, 15) is 0 Å². The maximum absolute atomic E-state index is 2.39. The third-order valence-electron chi connectivity index (χ3n) is 4.37. The van der Waals surface area contributed by atoms with Gasteiger partial charge in [-0.15, -0.1) is 0 Å². The first-order chi connectivity index (χ1) is 10.3. The average molecular weight is 270 g/mol. The molecule has 0 unspecified atom stereocenters. The Balaban J connectivity index is 2.10. The molecule has 0 saturated carbocycles. The normalized spacial score (nSPS) is 18.1. The molecule has 0 heterocycles. The van der Waals surface area contributed by atoms with Crippen LogP contribution >= 0.6 is 0 Å². The molecule has 0 saturated heterocycles. The lowest BCUT2D eigenvalue weighted by molar-refractivity contribution is 0.739. The molecule has 102 valence electrons. The predicted octanol–water partition coefficient (Wildman–Crippen LogP) is 5.97. The van der Waals surface area contributed by atoms with Crippen molar-refractivity contribution in [1.29, 1.82) is 0 Å². The van der Waals surface area contributed by atoms with Gasteiger partial charge in [-0.05, 0) is 51.1 Å². The van der Waals surface area contributed by atoms with Gasteiger partial charge >= 0.3 is 0 Å². The van der Waals surface area contributed by atoms with Gasteiger partial charge in [0.05, 0.1) is 0 Å². The second kappa shape index (κ2) is 4.89. The van der Waals surface area contributed by atoms with Crippen LogP contribution in [0.1, 0.15) is 18.9 Å². The van der Waals surface area contributed by atoms with Crippen molar-refractivity contribution in [3.8, 4) is 0 Å². The van der Waals surface area contributed by atoms with Crippen molar-refractivity contribution < 1.29 is 0 Å². The van der Waals surface area contributed by atoms with Crippen LogP contribution in [0.5, 0.6) is 0 Å². The summed E-state index contributed by atoms with van der Waals surface area (Å²) in [7, 11) is 0. The van der Waals surface area contributed by atoms with E-state index < -0.39 is 0 Å². The summed E-state index contributed by atoms with van der Waals surface area (Å²) < 4.78 is 0. The highest BCUT2D eigenvalue weighted by molar-refractivity contribution is 6.10. The van der Waals surface area contributed by atoms with E-state index in [2.05, 4.69) is 79.7 Å². The maximum atomic E-state index is 2.39. The minimum Gasteiger partial charge on any atom is -0.0808 e. The fraction of sp³-hybridized carbons (Fsp3) is 0.143. The Kier molecular flexibility index (Phi) is 2.89. The fourth-order valence-corrected chi connectivity index (χ4v) is 3.24. The van der Waals surface area contributed by atoms with Gasteiger partial charge in [0.25, 0.3) is 0 Å². The fourth-order valence-electron chi connectivity index (χ4n) is 3.24. The van der Waals surface area contributed by atoms with Crippen LogP contribution < -0.4 is 0 Å². The zero-order valence-corrected chi connectivity index (χ0v) is 12.2. The lowest BCUT2D eigenvalue weighted by atomic mass is 9.88. The molecule has 0 spiro atoms. The molecule has 0 radical (unpaired) electrons. The summed E-state index contributed by atoms with van der Waals surface area (Å²) >= 11 is 0. The van der Waals surface area contributed by atoms with Crippen molar-refractivity contribution in [1.82, 2.24) is 0 Å². The monoisotopic (exact) mass is 270 g/mol. The largest absolute Gasteiger partial charge is 0.0808 e. The number of hydrogen-bond acceptors (Lipinski definition) is 0. The van der Waals surface area contributed by atoms with Gasteiger partial charge in [0.15, 0.2) is 0 Å². The van der Waals surface area contributed by atoms with Crippen molar-refractivity contribution in [3.63, 3.8) is 0 Å². The molecule has 1 atom stereocenters. The molecule has 3 aromatic carbocycles. The summed E-state index contributed by atoms with van der Waals surface area (Å²) in [6.45, 7) is 2.27. The van der Waals surface area contributed by atoms with Crippen molar-refractivity contribution >= 4 is 27.1 Å². The Morgan fingerprint density at radius 1 is 0.857 bits per heavy atom. The Morgan fingerprint density at radius 3 is 2.05 bits per heavy atom. The van der Waals surface area contributed by atoms with E-state index in [1.54, 1.807) is 0 Å².